The van der Waals surface area contributed by atoms with Crippen LogP contribution in [0.2, 0.25) is 0 Å². The van der Waals surface area contributed by atoms with Gasteiger partial charge >= 0.3 is 0 Å². The molecule has 2 fully saturated rings. The van der Waals surface area contributed by atoms with Crippen molar-refractivity contribution in [2.75, 3.05) is 11.8 Å². The lowest BCUT2D eigenvalue weighted by Gasteiger charge is -2.43. The van der Waals surface area contributed by atoms with Crippen molar-refractivity contribution in [2.24, 2.45) is 17.3 Å². The molecule has 0 N–H and O–H groups in total. The van der Waals surface area contributed by atoms with Crippen LogP contribution in [0.15, 0.2) is 11.1 Å². The summed E-state index contributed by atoms with van der Waals surface area (Å²) >= 11 is 36.9. The van der Waals surface area contributed by atoms with Crippen molar-refractivity contribution in [2.45, 2.75) is 16.1 Å². The highest BCUT2D eigenvalue weighted by atomic mass is 35.5. The Kier molecular flexibility index (Phi) is 3.95. The highest BCUT2D eigenvalue weighted by molar-refractivity contribution is 6.53. The monoisotopic (exact) mass is 340 g/mol. The fraction of sp³-hybridized carbons (Fsp3) is 0.800. The molecule has 0 saturated heterocycles. The van der Waals surface area contributed by atoms with Gasteiger partial charge in [-0.25, -0.2) is 0 Å². The van der Waals surface area contributed by atoms with Crippen LogP contribution in [0.3, 0.4) is 0 Å². The van der Waals surface area contributed by atoms with E-state index in [-0.39, 0.29) is 22.6 Å². The predicted octanol–water partition coefficient (Wildman–Crippen LogP) is 5.00. The average molecular weight is 343 g/mol. The summed E-state index contributed by atoms with van der Waals surface area (Å²) in [5, 5.41) is -0.335. The molecular formula is C10H10Cl6. The molecule has 0 amide bonds. The van der Waals surface area contributed by atoms with Gasteiger partial charge in [0.2, 0.25) is 0 Å². The van der Waals surface area contributed by atoms with Gasteiger partial charge in [0.15, 0.2) is 0 Å². The molecule has 0 heterocycles. The van der Waals surface area contributed by atoms with Crippen LogP contribution in [-0.2, 0) is 0 Å². The molecule has 16 heavy (non-hydrogen) atoms. The molecule has 0 aromatic rings. The molecule has 0 aromatic carbocycles. The number of allylic oxidation sites excluding steroid dienone is 1. The molecule has 2 unspecified atom stereocenters. The first kappa shape index (κ1) is 13.9. The first-order valence-electron chi connectivity index (χ1n) is 4.90. The average Bonchev–Trinajstić information content (AvgIpc) is 2.72. The molecule has 0 spiro atoms. The molecule has 6 heteroatoms. The smallest absolute Gasteiger partial charge is 0.126 e. The molecule has 0 aromatic heterocycles. The van der Waals surface area contributed by atoms with Crippen molar-refractivity contribution in [3.05, 3.63) is 11.1 Å². The molecule has 2 aliphatic carbocycles. The zero-order valence-corrected chi connectivity index (χ0v) is 12.7. The second kappa shape index (κ2) is 4.54. The summed E-state index contributed by atoms with van der Waals surface area (Å²) in [5.74, 6) is 0.833. The molecule has 92 valence electrons. The van der Waals surface area contributed by atoms with Gasteiger partial charge in [0, 0.05) is 28.6 Å². The fourth-order valence-electron chi connectivity index (χ4n) is 2.96. The maximum Gasteiger partial charge on any atom is 0.141 e. The minimum atomic E-state index is -0.964. The molecule has 0 aliphatic heterocycles. The van der Waals surface area contributed by atoms with Gasteiger partial charge in [-0.2, -0.15) is 0 Å². The molecular weight excluding hydrogens is 333 g/mol. The van der Waals surface area contributed by atoms with E-state index in [9.17, 15) is 0 Å². The second-order valence-corrected chi connectivity index (χ2v) is 7.13. The summed E-state index contributed by atoms with van der Waals surface area (Å²) < 4.78 is -0.964. The van der Waals surface area contributed by atoms with Crippen LogP contribution < -0.4 is 0 Å². The van der Waals surface area contributed by atoms with Gasteiger partial charge in [0.05, 0.1) is 5.38 Å². The van der Waals surface area contributed by atoms with Crippen LogP contribution in [-0.4, -0.2) is 21.5 Å². The summed E-state index contributed by atoms with van der Waals surface area (Å²) in [6, 6.07) is 0. The van der Waals surface area contributed by atoms with Gasteiger partial charge in [0.25, 0.3) is 0 Å². The summed E-state index contributed by atoms with van der Waals surface area (Å²) in [6.45, 7) is 0. The first-order valence-corrected chi connectivity index (χ1v) is 7.60. The maximum atomic E-state index is 6.31. The Labute approximate surface area is 125 Å². The van der Waals surface area contributed by atoms with E-state index in [1.807, 2.05) is 0 Å². The third-order valence-electron chi connectivity index (χ3n) is 3.93. The number of halogens is 6. The van der Waals surface area contributed by atoms with Crippen molar-refractivity contribution in [1.82, 2.24) is 0 Å². The molecule has 2 aliphatic rings. The van der Waals surface area contributed by atoms with Crippen molar-refractivity contribution in [3.63, 3.8) is 0 Å². The van der Waals surface area contributed by atoms with Crippen LogP contribution in [0.4, 0.5) is 0 Å². The SMILES string of the molecule is Cl/C=C1\C2CC([C@H](Cl)C2(Cl)Cl)C1(CCl)CCl. The van der Waals surface area contributed by atoms with Gasteiger partial charge in [-0.1, -0.05) is 34.8 Å². The largest absolute Gasteiger partial charge is 0.141 e. The predicted molar refractivity (Wildman–Crippen MR) is 73.5 cm³/mol. The number of hydrogen-bond donors (Lipinski definition) is 0. The standard InChI is InChI=1S/C10H10Cl6/c11-2-7-5-1-6(8(14)10(5,15)16)9(7,3-12)4-13/h2,5-6,8H,1,3-4H2/b7-2+/t5?,6?,8-/m0/s1. The first-order chi connectivity index (χ1) is 7.45. The molecule has 0 radical (unpaired) electrons. The van der Waals surface area contributed by atoms with Crippen LogP contribution in [0, 0.1) is 17.3 Å². The molecule has 0 nitrogen and oxygen atoms in total. The van der Waals surface area contributed by atoms with E-state index in [1.165, 1.54) is 5.54 Å². The molecule has 3 atom stereocenters. The van der Waals surface area contributed by atoms with Crippen LogP contribution in [0.25, 0.3) is 0 Å². The van der Waals surface area contributed by atoms with E-state index in [1.54, 1.807) is 0 Å². The quantitative estimate of drug-likeness (QED) is 0.619. The topological polar surface area (TPSA) is 0 Å². The highest BCUT2D eigenvalue weighted by Crippen LogP contribution is 2.68. The lowest BCUT2D eigenvalue weighted by molar-refractivity contribution is 0.297. The van der Waals surface area contributed by atoms with E-state index in [0.717, 1.165) is 12.0 Å². The normalized spacial score (nSPS) is 41.9. The van der Waals surface area contributed by atoms with Gasteiger partial charge in [-0.3, -0.25) is 0 Å². The van der Waals surface area contributed by atoms with Gasteiger partial charge < -0.3 is 0 Å². The molecule has 2 bridgehead atoms. The maximum absolute atomic E-state index is 6.31. The van der Waals surface area contributed by atoms with Crippen molar-refractivity contribution in [1.29, 1.82) is 0 Å². The lowest BCUT2D eigenvalue weighted by atomic mass is 9.72. The minimum Gasteiger partial charge on any atom is -0.126 e. The zero-order chi connectivity index (χ0) is 12.1. The Bertz CT molecular complexity index is 319. The van der Waals surface area contributed by atoms with E-state index in [2.05, 4.69) is 0 Å². The van der Waals surface area contributed by atoms with Crippen LogP contribution in [0.1, 0.15) is 6.42 Å². The van der Waals surface area contributed by atoms with E-state index in [0.29, 0.717) is 11.8 Å². The Balaban J connectivity index is 2.48. The lowest BCUT2D eigenvalue weighted by Crippen LogP contribution is -2.47. The second-order valence-electron chi connectivity index (χ2n) is 4.46. The molecule has 2 saturated carbocycles. The number of alkyl halides is 5. The van der Waals surface area contributed by atoms with Crippen molar-refractivity contribution < 1.29 is 0 Å². The van der Waals surface area contributed by atoms with Crippen LogP contribution >= 0.6 is 69.6 Å². The fourth-order valence-corrected chi connectivity index (χ4v) is 5.54. The van der Waals surface area contributed by atoms with Crippen molar-refractivity contribution >= 4 is 69.6 Å². The van der Waals surface area contributed by atoms with E-state index >= 15 is 0 Å². The van der Waals surface area contributed by atoms with Gasteiger partial charge in [-0.15, -0.1) is 34.8 Å². The van der Waals surface area contributed by atoms with E-state index in [4.69, 9.17) is 69.6 Å². The van der Waals surface area contributed by atoms with Crippen LogP contribution in [0.5, 0.6) is 0 Å². The minimum absolute atomic E-state index is 0.0432. The van der Waals surface area contributed by atoms with Gasteiger partial charge in [0.1, 0.15) is 4.33 Å². The summed E-state index contributed by atoms with van der Waals surface area (Å²) in [4.78, 5) is 0. The summed E-state index contributed by atoms with van der Waals surface area (Å²) in [6.07, 6.45) is 0.805. The summed E-state index contributed by atoms with van der Waals surface area (Å²) in [5.41, 5.74) is 2.12. The molecule has 2 rings (SSSR count). The highest BCUT2D eigenvalue weighted by Gasteiger charge is 2.67. The third kappa shape index (κ3) is 1.57. The van der Waals surface area contributed by atoms with Crippen molar-refractivity contribution in [3.8, 4) is 0 Å². The zero-order valence-electron chi connectivity index (χ0n) is 8.20. The Hall–Kier alpha value is 1.48. The third-order valence-corrected chi connectivity index (χ3v) is 6.99. The number of fused-ring (bicyclic) bond motifs is 2. The Morgan fingerprint density at radius 3 is 2.25 bits per heavy atom. The Morgan fingerprint density at radius 2 is 1.81 bits per heavy atom. The van der Waals surface area contributed by atoms with Gasteiger partial charge in [-0.05, 0) is 17.9 Å². The van der Waals surface area contributed by atoms with E-state index < -0.39 is 4.33 Å². The number of hydrogen-bond acceptors (Lipinski definition) is 0. The number of rotatable bonds is 2. The summed E-state index contributed by atoms with van der Waals surface area (Å²) in [7, 11) is 0. The Morgan fingerprint density at radius 1 is 1.25 bits per heavy atom.